The summed E-state index contributed by atoms with van der Waals surface area (Å²) in [7, 11) is 1.97. The molecule has 0 aliphatic carbocycles. The third kappa shape index (κ3) is 5.67. The molecule has 0 radical (unpaired) electrons. The van der Waals surface area contributed by atoms with Crippen molar-refractivity contribution in [1.29, 1.82) is 0 Å². The van der Waals surface area contributed by atoms with Crippen molar-refractivity contribution < 1.29 is 9.53 Å². The Bertz CT molecular complexity index is 491. The fraction of sp³-hybridized carbons (Fsp3) is 0.750. The Kier molecular flexibility index (Phi) is 6.00. The molecule has 1 heterocycles. The van der Waals surface area contributed by atoms with Gasteiger partial charge in [-0.2, -0.15) is 0 Å². The molecular formula is C16H30N4O2. The minimum atomic E-state index is -0.486. The van der Waals surface area contributed by atoms with Crippen LogP contribution in [0.4, 0.5) is 4.79 Å². The van der Waals surface area contributed by atoms with Gasteiger partial charge in [-0.3, -0.25) is 0 Å². The van der Waals surface area contributed by atoms with Gasteiger partial charge in [-0.15, -0.1) is 0 Å². The van der Waals surface area contributed by atoms with E-state index in [4.69, 9.17) is 4.74 Å². The van der Waals surface area contributed by atoms with Crippen molar-refractivity contribution in [3.63, 3.8) is 0 Å². The number of aryl methyl sites for hydroxylation is 1. The van der Waals surface area contributed by atoms with Crippen molar-refractivity contribution >= 4 is 6.09 Å². The molecule has 0 spiro atoms. The number of nitrogens with zero attached hydrogens (tertiary/aromatic N) is 2. The molecule has 0 aliphatic rings. The number of hydrogen-bond donors (Lipinski definition) is 2. The van der Waals surface area contributed by atoms with E-state index in [1.54, 1.807) is 6.33 Å². The van der Waals surface area contributed by atoms with E-state index in [0.717, 1.165) is 5.69 Å². The number of rotatable bonds is 6. The molecule has 0 aromatic carbocycles. The van der Waals surface area contributed by atoms with Gasteiger partial charge in [0.15, 0.2) is 0 Å². The summed E-state index contributed by atoms with van der Waals surface area (Å²) in [6, 6.07) is 0. The average Bonchev–Trinajstić information content (AvgIpc) is 2.77. The quantitative estimate of drug-likeness (QED) is 0.847. The molecule has 1 rings (SSSR count). The van der Waals surface area contributed by atoms with Crippen LogP contribution in [0.1, 0.15) is 47.2 Å². The summed E-state index contributed by atoms with van der Waals surface area (Å²) in [6.45, 7) is 13.1. The molecule has 1 amide bonds. The predicted molar refractivity (Wildman–Crippen MR) is 87.5 cm³/mol. The SMILES string of the molecule is CC(C)[C@](C)(CNC(=O)OC(C)(C)C)NCc1cncn1C. The second-order valence-corrected chi connectivity index (χ2v) is 7.28. The Balaban J connectivity index is 2.59. The molecule has 0 fully saturated rings. The standard InChI is InChI=1S/C16H30N4O2/c1-12(2)16(6,10-18-14(21)22-15(3,4)5)19-9-13-8-17-11-20(13)7/h8,11-12,19H,9-10H2,1-7H3,(H,18,21)/t16-/m0/s1. The van der Waals surface area contributed by atoms with Crippen molar-refractivity contribution in [3.8, 4) is 0 Å². The molecule has 0 bridgehead atoms. The van der Waals surface area contributed by atoms with Crippen molar-refractivity contribution in [1.82, 2.24) is 20.2 Å². The lowest BCUT2D eigenvalue weighted by Crippen LogP contribution is -2.55. The Morgan fingerprint density at radius 2 is 2.00 bits per heavy atom. The molecular weight excluding hydrogens is 280 g/mol. The average molecular weight is 310 g/mol. The predicted octanol–water partition coefficient (Wildman–Crippen LogP) is 2.45. The summed E-state index contributed by atoms with van der Waals surface area (Å²) in [5.74, 6) is 0.343. The molecule has 1 aromatic heterocycles. The number of amides is 1. The molecule has 22 heavy (non-hydrogen) atoms. The molecule has 126 valence electrons. The highest BCUT2D eigenvalue weighted by molar-refractivity contribution is 5.67. The smallest absolute Gasteiger partial charge is 0.407 e. The normalized spacial score (nSPS) is 14.7. The van der Waals surface area contributed by atoms with Gasteiger partial charge < -0.3 is 19.9 Å². The topological polar surface area (TPSA) is 68.2 Å². The van der Waals surface area contributed by atoms with Crippen molar-refractivity contribution in [3.05, 3.63) is 18.2 Å². The van der Waals surface area contributed by atoms with Crippen LogP contribution in [0.3, 0.4) is 0 Å². The number of carbonyl (C=O) groups is 1. The van der Waals surface area contributed by atoms with Gasteiger partial charge in [0.05, 0.1) is 12.0 Å². The summed E-state index contributed by atoms with van der Waals surface area (Å²) in [6.07, 6.45) is 3.24. The Morgan fingerprint density at radius 3 is 2.45 bits per heavy atom. The van der Waals surface area contributed by atoms with Crippen LogP contribution in [0.5, 0.6) is 0 Å². The molecule has 2 N–H and O–H groups in total. The molecule has 6 heteroatoms. The zero-order valence-electron chi connectivity index (χ0n) is 14.9. The first-order chi connectivity index (χ1) is 10.0. The Hall–Kier alpha value is -1.56. The number of carbonyl (C=O) groups excluding carboxylic acids is 1. The van der Waals surface area contributed by atoms with Crippen LogP contribution in [0, 0.1) is 5.92 Å². The molecule has 1 atom stereocenters. The molecule has 0 aliphatic heterocycles. The second-order valence-electron chi connectivity index (χ2n) is 7.28. The molecule has 0 saturated carbocycles. The molecule has 1 aromatic rings. The van der Waals surface area contributed by atoms with E-state index in [-0.39, 0.29) is 11.6 Å². The first kappa shape index (κ1) is 18.5. The molecule has 0 unspecified atom stereocenters. The summed E-state index contributed by atoms with van der Waals surface area (Å²) < 4.78 is 7.27. The maximum absolute atomic E-state index is 11.8. The van der Waals surface area contributed by atoms with E-state index >= 15 is 0 Å². The monoisotopic (exact) mass is 310 g/mol. The van der Waals surface area contributed by atoms with Gasteiger partial charge in [0.25, 0.3) is 0 Å². The van der Waals surface area contributed by atoms with E-state index in [1.165, 1.54) is 0 Å². The zero-order chi connectivity index (χ0) is 17.0. The first-order valence-electron chi connectivity index (χ1n) is 7.70. The molecule has 6 nitrogen and oxygen atoms in total. The number of ether oxygens (including phenoxy) is 1. The Morgan fingerprint density at radius 1 is 1.36 bits per heavy atom. The lowest BCUT2D eigenvalue weighted by molar-refractivity contribution is 0.0503. The van der Waals surface area contributed by atoms with Crippen LogP contribution in [0.25, 0.3) is 0 Å². The number of hydrogen-bond acceptors (Lipinski definition) is 4. The van der Waals surface area contributed by atoms with E-state index in [9.17, 15) is 4.79 Å². The van der Waals surface area contributed by atoms with Gasteiger partial charge in [-0.25, -0.2) is 9.78 Å². The lowest BCUT2D eigenvalue weighted by Gasteiger charge is -2.35. The zero-order valence-corrected chi connectivity index (χ0v) is 14.9. The largest absolute Gasteiger partial charge is 0.444 e. The van der Waals surface area contributed by atoms with Gasteiger partial charge in [-0.1, -0.05) is 13.8 Å². The van der Waals surface area contributed by atoms with E-state index in [2.05, 4.69) is 36.4 Å². The number of aromatic nitrogens is 2. The highest BCUT2D eigenvalue weighted by Gasteiger charge is 2.29. The highest BCUT2D eigenvalue weighted by Crippen LogP contribution is 2.17. The summed E-state index contributed by atoms with van der Waals surface area (Å²) in [4.78, 5) is 16.0. The van der Waals surface area contributed by atoms with E-state index in [1.807, 2.05) is 38.6 Å². The van der Waals surface area contributed by atoms with E-state index in [0.29, 0.717) is 19.0 Å². The van der Waals surface area contributed by atoms with E-state index < -0.39 is 5.60 Å². The van der Waals surface area contributed by atoms with Gasteiger partial charge in [0, 0.05) is 31.9 Å². The maximum Gasteiger partial charge on any atom is 0.407 e. The first-order valence-corrected chi connectivity index (χ1v) is 7.70. The van der Waals surface area contributed by atoms with Gasteiger partial charge in [0.1, 0.15) is 5.60 Å². The number of alkyl carbamates (subject to hydrolysis) is 1. The minimum Gasteiger partial charge on any atom is -0.444 e. The van der Waals surface area contributed by atoms with Crippen molar-refractivity contribution in [2.24, 2.45) is 13.0 Å². The van der Waals surface area contributed by atoms with Crippen LogP contribution in [-0.2, 0) is 18.3 Å². The maximum atomic E-state index is 11.8. The van der Waals surface area contributed by atoms with Crippen LogP contribution >= 0.6 is 0 Å². The number of imidazole rings is 1. The summed E-state index contributed by atoms with van der Waals surface area (Å²) >= 11 is 0. The second kappa shape index (κ2) is 7.13. The van der Waals surface area contributed by atoms with Crippen molar-refractivity contribution in [2.75, 3.05) is 6.54 Å². The fourth-order valence-electron chi connectivity index (χ4n) is 1.89. The third-order valence-electron chi connectivity index (χ3n) is 3.86. The van der Waals surface area contributed by atoms with Crippen LogP contribution < -0.4 is 10.6 Å². The minimum absolute atomic E-state index is 0.235. The van der Waals surface area contributed by atoms with Gasteiger partial charge in [0.2, 0.25) is 0 Å². The summed E-state index contributed by atoms with van der Waals surface area (Å²) in [5, 5.41) is 6.39. The van der Waals surface area contributed by atoms with Crippen LogP contribution in [0.15, 0.2) is 12.5 Å². The van der Waals surface area contributed by atoms with Crippen LogP contribution in [-0.4, -0.2) is 33.3 Å². The summed E-state index contributed by atoms with van der Waals surface area (Å²) in [5.41, 5.74) is 0.380. The number of nitrogens with one attached hydrogen (secondary N) is 2. The third-order valence-corrected chi connectivity index (χ3v) is 3.86. The fourth-order valence-corrected chi connectivity index (χ4v) is 1.89. The van der Waals surface area contributed by atoms with Gasteiger partial charge in [-0.05, 0) is 33.6 Å². The highest BCUT2D eigenvalue weighted by atomic mass is 16.6. The van der Waals surface area contributed by atoms with Crippen molar-refractivity contribution in [2.45, 2.75) is 59.2 Å². The Labute approximate surface area is 133 Å². The van der Waals surface area contributed by atoms with Crippen LogP contribution in [0.2, 0.25) is 0 Å². The van der Waals surface area contributed by atoms with Gasteiger partial charge >= 0.3 is 6.09 Å². The molecule has 0 saturated heterocycles. The lowest BCUT2D eigenvalue weighted by atomic mass is 9.88.